The second-order valence-electron chi connectivity index (χ2n) is 6.60. The van der Waals surface area contributed by atoms with Crippen molar-refractivity contribution in [3.05, 3.63) is 47.5 Å². The summed E-state index contributed by atoms with van der Waals surface area (Å²) in [6.45, 7) is 5.67. The molecule has 0 saturated carbocycles. The standard InChI is InChI=1S/C18H23FN4O/c19-14-3-5-17(6-4-14)24-18-2-1-8-22(13-18)12-15-10-16-11-20-7-9-23(16)21-15/h3-6,10,18,20H,1-2,7-9,11-13H2. The van der Waals surface area contributed by atoms with Crippen LogP contribution in [0.1, 0.15) is 24.2 Å². The van der Waals surface area contributed by atoms with Crippen LogP contribution in [-0.2, 0) is 19.6 Å². The lowest BCUT2D eigenvalue weighted by atomic mass is 10.1. The number of halogens is 1. The Morgan fingerprint density at radius 1 is 1.25 bits per heavy atom. The average Bonchev–Trinajstić information content (AvgIpc) is 2.99. The molecule has 2 aliphatic heterocycles. The largest absolute Gasteiger partial charge is 0.489 e. The van der Waals surface area contributed by atoms with E-state index in [1.807, 2.05) is 0 Å². The molecular formula is C18H23FN4O. The summed E-state index contributed by atoms with van der Waals surface area (Å²) in [5.41, 5.74) is 2.41. The van der Waals surface area contributed by atoms with E-state index in [-0.39, 0.29) is 11.9 Å². The maximum atomic E-state index is 13.0. The first kappa shape index (κ1) is 15.6. The van der Waals surface area contributed by atoms with E-state index in [0.29, 0.717) is 0 Å². The minimum absolute atomic E-state index is 0.156. The summed E-state index contributed by atoms with van der Waals surface area (Å²) >= 11 is 0. The van der Waals surface area contributed by atoms with Crippen LogP contribution in [0.25, 0.3) is 0 Å². The van der Waals surface area contributed by atoms with Crippen LogP contribution in [0.3, 0.4) is 0 Å². The van der Waals surface area contributed by atoms with E-state index in [0.717, 1.165) is 63.6 Å². The van der Waals surface area contributed by atoms with Gasteiger partial charge >= 0.3 is 0 Å². The van der Waals surface area contributed by atoms with Gasteiger partial charge in [-0.05, 0) is 49.7 Å². The third-order valence-corrected chi connectivity index (χ3v) is 4.68. The lowest BCUT2D eigenvalue weighted by Crippen LogP contribution is -2.40. The average molecular weight is 330 g/mol. The highest BCUT2D eigenvalue weighted by atomic mass is 19.1. The molecule has 128 valence electrons. The number of aromatic nitrogens is 2. The Hall–Kier alpha value is -1.92. The molecule has 2 aromatic rings. The Morgan fingerprint density at radius 3 is 2.96 bits per heavy atom. The fourth-order valence-corrected chi connectivity index (χ4v) is 3.52. The van der Waals surface area contributed by atoms with Gasteiger partial charge in [-0.3, -0.25) is 9.58 Å². The van der Waals surface area contributed by atoms with Gasteiger partial charge in [-0.2, -0.15) is 5.10 Å². The molecule has 0 spiro atoms. The van der Waals surface area contributed by atoms with Crippen molar-refractivity contribution in [2.45, 2.75) is 38.6 Å². The number of hydrogen-bond acceptors (Lipinski definition) is 4. The fraction of sp³-hybridized carbons (Fsp3) is 0.500. The van der Waals surface area contributed by atoms with Crippen LogP contribution in [0.5, 0.6) is 5.75 Å². The SMILES string of the molecule is Fc1ccc(OC2CCCN(Cc3cc4n(n3)CCNC4)C2)cc1. The van der Waals surface area contributed by atoms with Crippen molar-refractivity contribution in [2.24, 2.45) is 0 Å². The number of ether oxygens (including phenoxy) is 1. The maximum absolute atomic E-state index is 13.0. The van der Waals surface area contributed by atoms with Gasteiger partial charge < -0.3 is 10.1 Å². The number of rotatable bonds is 4. The first-order valence-electron chi connectivity index (χ1n) is 8.67. The number of benzene rings is 1. The molecule has 5 nitrogen and oxygen atoms in total. The molecular weight excluding hydrogens is 307 g/mol. The number of nitrogens with zero attached hydrogens (tertiary/aromatic N) is 3. The van der Waals surface area contributed by atoms with Crippen LogP contribution in [0.4, 0.5) is 4.39 Å². The third-order valence-electron chi connectivity index (χ3n) is 4.68. The fourth-order valence-electron chi connectivity index (χ4n) is 3.52. The van der Waals surface area contributed by atoms with Crippen molar-refractivity contribution < 1.29 is 9.13 Å². The van der Waals surface area contributed by atoms with Crippen LogP contribution in [0, 0.1) is 5.82 Å². The lowest BCUT2D eigenvalue weighted by Gasteiger charge is -2.32. The molecule has 1 fully saturated rings. The van der Waals surface area contributed by atoms with Crippen molar-refractivity contribution in [1.82, 2.24) is 20.0 Å². The number of fused-ring (bicyclic) bond motifs is 1. The molecule has 0 amide bonds. The zero-order chi connectivity index (χ0) is 16.4. The predicted molar refractivity (Wildman–Crippen MR) is 89.3 cm³/mol. The van der Waals surface area contributed by atoms with Crippen molar-refractivity contribution >= 4 is 0 Å². The summed E-state index contributed by atoms with van der Waals surface area (Å²) < 4.78 is 21.1. The first-order chi connectivity index (χ1) is 11.8. The summed E-state index contributed by atoms with van der Waals surface area (Å²) in [4.78, 5) is 2.40. The summed E-state index contributed by atoms with van der Waals surface area (Å²) in [6, 6.07) is 8.49. The van der Waals surface area contributed by atoms with Crippen LogP contribution in [0.2, 0.25) is 0 Å². The molecule has 2 aliphatic rings. The first-order valence-corrected chi connectivity index (χ1v) is 8.67. The lowest BCUT2D eigenvalue weighted by molar-refractivity contribution is 0.0834. The molecule has 6 heteroatoms. The number of hydrogen-bond donors (Lipinski definition) is 1. The molecule has 0 bridgehead atoms. The minimum atomic E-state index is -0.231. The molecule has 0 aliphatic carbocycles. The van der Waals surface area contributed by atoms with E-state index in [1.54, 1.807) is 12.1 Å². The Balaban J connectivity index is 1.36. The van der Waals surface area contributed by atoms with E-state index in [1.165, 1.54) is 17.8 Å². The number of nitrogens with one attached hydrogen (secondary N) is 1. The molecule has 1 atom stereocenters. The number of piperidine rings is 1. The molecule has 1 saturated heterocycles. The van der Waals surface area contributed by atoms with Crippen LogP contribution in [0.15, 0.2) is 30.3 Å². The van der Waals surface area contributed by atoms with E-state index >= 15 is 0 Å². The van der Waals surface area contributed by atoms with Gasteiger partial charge in [0.1, 0.15) is 17.7 Å². The minimum Gasteiger partial charge on any atom is -0.489 e. The maximum Gasteiger partial charge on any atom is 0.123 e. The summed E-state index contributed by atoms with van der Waals surface area (Å²) in [6.07, 6.45) is 2.31. The van der Waals surface area contributed by atoms with E-state index in [2.05, 4.69) is 21.0 Å². The third kappa shape index (κ3) is 3.60. The van der Waals surface area contributed by atoms with E-state index in [9.17, 15) is 4.39 Å². The molecule has 1 N–H and O–H groups in total. The van der Waals surface area contributed by atoms with Crippen molar-refractivity contribution in [3.8, 4) is 5.75 Å². The second kappa shape index (κ2) is 6.91. The molecule has 1 aromatic heterocycles. The molecule has 1 aromatic carbocycles. The van der Waals surface area contributed by atoms with Gasteiger partial charge in [0.05, 0.1) is 17.9 Å². The normalized spacial score (nSPS) is 21.5. The Labute approximate surface area is 141 Å². The Kier molecular flexibility index (Phi) is 4.49. The Morgan fingerprint density at radius 2 is 2.12 bits per heavy atom. The smallest absolute Gasteiger partial charge is 0.123 e. The predicted octanol–water partition coefficient (Wildman–Crippen LogP) is 2.17. The summed E-state index contributed by atoms with van der Waals surface area (Å²) in [7, 11) is 0. The van der Waals surface area contributed by atoms with Gasteiger partial charge in [-0.1, -0.05) is 0 Å². The molecule has 1 unspecified atom stereocenters. The highest BCUT2D eigenvalue weighted by Gasteiger charge is 2.23. The molecule has 0 radical (unpaired) electrons. The molecule has 24 heavy (non-hydrogen) atoms. The zero-order valence-corrected chi connectivity index (χ0v) is 13.7. The van der Waals surface area contributed by atoms with Crippen LogP contribution >= 0.6 is 0 Å². The van der Waals surface area contributed by atoms with E-state index < -0.39 is 0 Å². The van der Waals surface area contributed by atoms with Crippen molar-refractivity contribution in [2.75, 3.05) is 19.6 Å². The topological polar surface area (TPSA) is 42.3 Å². The quantitative estimate of drug-likeness (QED) is 0.933. The van der Waals surface area contributed by atoms with E-state index in [4.69, 9.17) is 9.84 Å². The van der Waals surface area contributed by atoms with Crippen LogP contribution in [-0.4, -0.2) is 40.4 Å². The van der Waals surface area contributed by atoms with Gasteiger partial charge in [0.15, 0.2) is 0 Å². The second-order valence-corrected chi connectivity index (χ2v) is 6.60. The van der Waals surface area contributed by atoms with Crippen molar-refractivity contribution in [1.29, 1.82) is 0 Å². The zero-order valence-electron chi connectivity index (χ0n) is 13.7. The van der Waals surface area contributed by atoms with Gasteiger partial charge in [0.25, 0.3) is 0 Å². The summed E-state index contributed by atoms with van der Waals surface area (Å²) in [5.74, 6) is 0.512. The van der Waals surface area contributed by atoms with Crippen LogP contribution < -0.4 is 10.1 Å². The Bertz CT molecular complexity index is 661. The monoisotopic (exact) mass is 330 g/mol. The van der Waals surface area contributed by atoms with Crippen molar-refractivity contribution in [3.63, 3.8) is 0 Å². The number of likely N-dealkylation sites (tertiary alicyclic amines) is 1. The summed E-state index contributed by atoms with van der Waals surface area (Å²) in [5, 5.41) is 8.09. The van der Waals surface area contributed by atoms with Gasteiger partial charge in [-0.25, -0.2) is 4.39 Å². The highest BCUT2D eigenvalue weighted by molar-refractivity contribution is 5.22. The molecule has 3 heterocycles. The van der Waals surface area contributed by atoms with Gasteiger partial charge in [-0.15, -0.1) is 0 Å². The molecule has 4 rings (SSSR count). The van der Waals surface area contributed by atoms with Gasteiger partial charge in [0.2, 0.25) is 0 Å². The highest BCUT2D eigenvalue weighted by Crippen LogP contribution is 2.20. The van der Waals surface area contributed by atoms with Gasteiger partial charge in [0, 0.05) is 26.2 Å².